The molecule has 1 N–H and O–H groups in total. The van der Waals surface area contributed by atoms with Crippen molar-refractivity contribution in [3.8, 4) is 5.75 Å². The van der Waals surface area contributed by atoms with E-state index in [9.17, 15) is 13.2 Å². The molecule has 0 spiro atoms. The van der Waals surface area contributed by atoms with Gasteiger partial charge in [0.1, 0.15) is 5.75 Å². The van der Waals surface area contributed by atoms with Crippen LogP contribution in [0.1, 0.15) is 30.4 Å². The van der Waals surface area contributed by atoms with Gasteiger partial charge in [0.2, 0.25) is 0 Å². The Bertz CT molecular complexity index is 445. The van der Waals surface area contributed by atoms with E-state index in [0.29, 0.717) is 17.4 Å². The second kappa shape index (κ2) is 5.41. The number of benzene rings is 1. The van der Waals surface area contributed by atoms with Gasteiger partial charge >= 0.3 is 6.36 Å². The van der Waals surface area contributed by atoms with Crippen molar-refractivity contribution in [1.82, 2.24) is 5.32 Å². The number of aryl methyl sites for hydroxylation is 1. The van der Waals surface area contributed by atoms with E-state index in [1.165, 1.54) is 6.07 Å². The van der Waals surface area contributed by atoms with Gasteiger partial charge in [0.05, 0.1) is 0 Å². The van der Waals surface area contributed by atoms with Crippen LogP contribution in [0.3, 0.4) is 0 Å². The van der Waals surface area contributed by atoms with Crippen LogP contribution in [0.15, 0.2) is 18.2 Å². The Morgan fingerprint density at radius 1 is 1.32 bits per heavy atom. The van der Waals surface area contributed by atoms with Crippen molar-refractivity contribution in [2.45, 2.75) is 32.5 Å². The molecule has 0 amide bonds. The monoisotopic (exact) mass is 273 g/mol. The molecule has 1 fully saturated rings. The van der Waals surface area contributed by atoms with Gasteiger partial charge in [0.15, 0.2) is 0 Å². The average Bonchev–Trinajstić information content (AvgIpc) is 2.31. The van der Waals surface area contributed by atoms with Gasteiger partial charge in [-0.05, 0) is 55.5 Å². The van der Waals surface area contributed by atoms with E-state index in [4.69, 9.17) is 0 Å². The lowest BCUT2D eigenvalue weighted by Gasteiger charge is -2.30. The Balaban J connectivity index is 2.18. The smallest absolute Gasteiger partial charge is 0.406 e. The lowest BCUT2D eigenvalue weighted by molar-refractivity contribution is -0.274. The first-order chi connectivity index (χ1) is 8.87. The first-order valence-electron chi connectivity index (χ1n) is 6.44. The molecule has 2 nitrogen and oxygen atoms in total. The van der Waals surface area contributed by atoms with Gasteiger partial charge in [-0.2, -0.15) is 0 Å². The summed E-state index contributed by atoms with van der Waals surface area (Å²) >= 11 is 0. The predicted molar refractivity (Wildman–Crippen MR) is 67.3 cm³/mol. The third kappa shape index (κ3) is 3.62. The zero-order valence-corrected chi connectivity index (χ0v) is 11.1. The second-order valence-corrected chi connectivity index (χ2v) is 5.15. The van der Waals surface area contributed by atoms with Crippen molar-refractivity contribution < 1.29 is 17.9 Å². The first kappa shape index (κ1) is 14.2. The van der Waals surface area contributed by atoms with Gasteiger partial charge in [0, 0.05) is 0 Å². The van der Waals surface area contributed by atoms with Crippen LogP contribution in [-0.2, 0) is 0 Å². The van der Waals surface area contributed by atoms with E-state index in [1.54, 1.807) is 13.0 Å². The van der Waals surface area contributed by atoms with Crippen LogP contribution < -0.4 is 10.1 Å². The Hall–Kier alpha value is -1.23. The lowest BCUT2D eigenvalue weighted by atomic mass is 9.82. The molecule has 0 bridgehead atoms. The zero-order chi connectivity index (χ0) is 14.0. The van der Waals surface area contributed by atoms with E-state index in [2.05, 4.69) is 17.0 Å². The molecule has 19 heavy (non-hydrogen) atoms. The molecule has 1 saturated heterocycles. The highest BCUT2D eigenvalue weighted by Crippen LogP contribution is 2.34. The number of hydrogen-bond acceptors (Lipinski definition) is 2. The van der Waals surface area contributed by atoms with Gasteiger partial charge in [-0.25, -0.2) is 0 Å². The van der Waals surface area contributed by atoms with Crippen molar-refractivity contribution in [2.75, 3.05) is 13.1 Å². The molecule has 1 aliphatic heterocycles. The number of ether oxygens (including phenoxy) is 1. The van der Waals surface area contributed by atoms with Crippen LogP contribution in [0.2, 0.25) is 0 Å². The molecule has 1 aliphatic rings. The largest absolute Gasteiger partial charge is 0.573 e. The topological polar surface area (TPSA) is 21.3 Å². The molecule has 1 heterocycles. The number of halogens is 3. The maximum atomic E-state index is 12.2. The molecule has 2 atom stereocenters. The fourth-order valence-electron chi connectivity index (χ4n) is 2.65. The zero-order valence-electron chi connectivity index (χ0n) is 11.1. The molecule has 1 aromatic carbocycles. The molecule has 0 radical (unpaired) electrons. The van der Waals surface area contributed by atoms with Crippen molar-refractivity contribution in [2.24, 2.45) is 5.92 Å². The van der Waals surface area contributed by atoms with E-state index < -0.39 is 6.36 Å². The highest BCUT2D eigenvalue weighted by molar-refractivity contribution is 5.38. The molecule has 2 rings (SSSR count). The van der Waals surface area contributed by atoms with Crippen molar-refractivity contribution in [3.63, 3.8) is 0 Å². The molecular weight excluding hydrogens is 255 g/mol. The Morgan fingerprint density at radius 2 is 2.05 bits per heavy atom. The summed E-state index contributed by atoms with van der Waals surface area (Å²) in [6, 6.07) is 4.99. The summed E-state index contributed by atoms with van der Waals surface area (Å²) in [7, 11) is 0. The summed E-state index contributed by atoms with van der Waals surface area (Å²) in [6.07, 6.45) is -3.62. The molecule has 2 unspecified atom stereocenters. The highest BCUT2D eigenvalue weighted by Gasteiger charge is 2.32. The lowest BCUT2D eigenvalue weighted by Crippen LogP contribution is -2.33. The van der Waals surface area contributed by atoms with Crippen LogP contribution in [0, 0.1) is 12.8 Å². The van der Waals surface area contributed by atoms with Crippen LogP contribution >= 0.6 is 0 Å². The molecule has 0 aromatic heterocycles. The van der Waals surface area contributed by atoms with Crippen molar-refractivity contribution >= 4 is 0 Å². The van der Waals surface area contributed by atoms with E-state index >= 15 is 0 Å². The second-order valence-electron chi connectivity index (χ2n) is 5.15. The van der Waals surface area contributed by atoms with E-state index in [1.807, 2.05) is 6.07 Å². The van der Waals surface area contributed by atoms with Gasteiger partial charge in [0.25, 0.3) is 0 Å². The number of piperidine rings is 1. The van der Waals surface area contributed by atoms with E-state index in [0.717, 1.165) is 25.1 Å². The Labute approximate surface area is 111 Å². The average molecular weight is 273 g/mol. The summed E-state index contributed by atoms with van der Waals surface area (Å²) in [5.74, 6) is 0.778. The summed E-state index contributed by atoms with van der Waals surface area (Å²) in [5, 5.41) is 3.32. The minimum Gasteiger partial charge on any atom is -0.406 e. The van der Waals surface area contributed by atoms with Gasteiger partial charge in [-0.1, -0.05) is 19.1 Å². The summed E-state index contributed by atoms with van der Waals surface area (Å²) in [4.78, 5) is 0. The molecule has 5 heteroatoms. The predicted octanol–water partition coefficient (Wildman–Crippen LogP) is 3.61. The maximum absolute atomic E-state index is 12.2. The fourth-order valence-corrected chi connectivity index (χ4v) is 2.65. The quantitative estimate of drug-likeness (QED) is 0.888. The summed E-state index contributed by atoms with van der Waals surface area (Å²) in [5.41, 5.74) is 1.63. The number of alkyl halides is 3. The van der Waals surface area contributed by atoms with Gasteiger partial charge < -0.3 is 10.1 Å². The van der Waals surface area contributed by atoms with Gasteiger partial charge in [-0.3, -0.25) is 0 Å². The van der Waals surface area contributed by atoms with Gasteiger partial charge in [-0.15, -0.1) is 13.2 Å². The standard InChI is InChI=1S/C14H18F3NO/c1-9-7-11(12-5-6-18-8-10(12)2)3-4-13(9)19-14(15,16)17/h3-4,7,10,12,18H,5-6,8H2,1-2H3. The molecule has 0 aliphatic carbocycles. The van der Waals surface area contributed by atoms with Crippen LogP contribution in [0.4, 0.5) is 13.2 Å². The highest BCUT2D eigenvalue weighted by atomic mass is 19.4. The van der Waals surface area contributed by atoms with Crippen LogP contribution in [0.25, 0.3) is 0 Å². The third-order valence-electron chi connectivity index (χ3n) is 3.64. The maximum Gasteiger partial charge on any atom is 0.573 e. The Kier molecular flexibility index (Phi) is 4.04. The summed E-state index contributed by atoms with van der Waals surface area (Å²) in [6.45, 7) is 5.71. The third-order valence-corrected chi connectivity index (χ3v) is 3.64. The number of hydrogen-bond donors (Lipinski definition) is 1. The normalized spacial score (nSPS) is 24.3. The van der Waals surface area contributed by atoms with Crippen molar-refractivity contribution in [1.29, 1.82) is 0 Å². The summed E-state index contributed by atoms with van der Waals surface area (Å²) < 4.78 is 40.6. The molecule has 0 saturated carbocycles. The van der Waals surface area contributed by atoms with Crippen LogP contribution in [-0.4, -0.2) is 19.5 Å². The molecule has 106 valence electrons. The minimum absolute atomic E-state index is 0.113. The first-order valence-corrected chi connectivity index (χ1v) is 6.44. The van der Waals surface area contributed by atoms with Crippen molar-refractivity contribution in [3.05, 3.63) is 29.3 Å². The fraction of sp³-hybridized carbons (Fsp3) is 0.571. The number of rotatable bonds is 2. The molecule has 1 aromatic rings. The SMILES string of the molecule is Cc1cc(C2CCNCC2C)ccc1OC(F)(F)F. The number of nitrogens with one attached hydrogen (secondary N) is 1. The minimum atomic E-state index is -4.63. The van der Waals surface area contributed by atoms with Crippen LogP contribution in [0.5, 0.6) is 5.75 Å². The Morgan fingerprint density at radius 3 is 2.63 bits per heavy atom. The molecular formula is C14H18F3NO. The van der Waals surface area contributed by atoms with E-state index in [-0.39, 0.29) is 5.75 Å².